The van der Waals surface area contributed by atoms with E-state index in [1.54, 1.807) is 0 Å². The molecular formula is C24H26N4O. The zero-order valence-electron chi connectivity index (χ0n) is 16.8. The molecule has 1 N–H and O–H groups in total. The van der Waals surface area contributed by atoms with Crippen molar-refractivity contribution in [2.24, 2.45) is 0 Å². The van der Waals surface area contributed by atoms with Gasteiger partial charge in [0.25, 0.3) is 0 Å². The number of aromatic amines is 1. The minimum atomic E-state index is 0.795. The monoisotopic (exact) mass is 386 g/mol. The van der Waals surface area contributed by atoms with Crippen molar-refractivity contribution in [2.75, 3.05) is 26.3 Å². The van der Waals surface area contributed by atoms with Gasteiger partial charge in [-0.05, 0) is 54.7 Å². The van der Waals surface area contributed by atoms with Gasteiger partial charge in [-0.15, -0.1) is 0 Å². The number of aryl methyl sites for hydroxylation is 1. The van der Waals surface area contributed by atoms with Gasteiger partial charge in [0.2, 0.25) is 0 Å². The minimum Gasteiger partial charge on any atom is -0.379 e. The molecule has 0 amide bonds. The van der Waals surface area contributed by atoms with E-state index in [1.807, 2.05) is 24.5 Å². The van der Waals surface area contributed by atoms with Gasteiger partial charge in [0.15, 0.2) is 0 Å². The van der Waals surface area contributed by atoms with Gasteiger partial charge in [0.1, 0.15) is 5.82 Å². The molecule has 1 aromatic carbocycles. The molecule has 2 aromatic heterocycles. The Morgan fingerprint density at radius 3 is 2.69 bits per heavy atom. The van der Waals surface area contributed by atoms with Crippen molar-refractivity contribution in [3.8, 4) is 22.5 Å². The summed E-state index contributed by atoms with van der Waals surface area (Å²) < 4.78 is 5.48. The molecule has 3 heterocycles. The van der Waals surface area contributed by atoms with Crippen LogP contribution in [0.15, 0.2) is 48.8 Å². The maximum absolute atomic E-state index is 5.48. The molecule has 5 heteroatoms. The topological polar surface area (TPSA) is 54.0 Å². The fourth-order valence-electron chi connectivity index (χ4n) is 4.37. The maximum Gasteiger partial charge on any atom is 0.121 e. The molecule has 0 bridgehead atoms. The van der Waals surface area contributed by atoms with Crippen LogP contribution in [0.1, 0.15) is 30.3 Å². The van der Waals surface area contributed by atoms with Gasteiger partial charge in [0, 0.05) is 36.6 Å². The van der Waals surface area contributed by atoms with E-state index >= 15 is 0 Å². The lowest BCUT2D eigenvalue weighted by molar-refractivity contribution is 0.0332. The number of hydrogen-bond acceptors (Lipinski definition) is 4. The summed E-state index contributed by atoms with van der Waals surface area (Å²) in [5.74, 6) is 1.00. The van der Waals surface area contributed by atoms with Gasteiger partial charge in [-0.2, -0.15) is 0 Å². The second kappa shape index (κ2) is 7.93. The summed E-state index contributed by atoms with van der Waals surface area (Å²) >= 11 is 0. The summed E-state index contributed by atoms with van der Waals surface area (Å²) in [6.07, 6.45) is 8.15. The van der Waals surface area contributed by atoms with Crippen LogP contribution < -0.4 is 0 Å². The first-order valence-electron chi connectivity index (χ1n) is 10.4. The van der Waals surface area contributed by atoms with Crippen LogP contribution >= 0.6 is 0 Å². The molecule has 29 heavy (non-hydrogen) atoms. The van der Waals surface area contributed by atoms with Crippen molar-refractivity contribution in [3.05, 3.63) is 65.8 Å². The van der Waals surface area contributed by atoms with E-state index in [2.05, 4.69) is 46.1 Å². The Morgan fingerprint density at radius 1 is 1.07 bits per heavy atom. The number of benzene rings is 1. The van der Waals surface area contributed by atoms with Crippen LogP contribution in [0.3, 0.4) is 0 Å². The number of hydrogen-bond donors (Lipinski definition) is 1. The fraction of sp³-hybridized carbons (Fsp3) is 0.333. The van der Waals surface area contributed by atoms with Crippen molar-refractivity contribution >= 4 is 5.57 Å². The van der Waals surface area contributed by atoms with E-state index in [0.29, 0.717) is 0 Å². The molecule has 0 radical (unpaired) electrons. The standard InChI is InChI=1S/C24H26N4O/c1-2-17-3-4-19-15-20(5-6-21(17)19)24-23(18-7-9-25-10-8-18)26-22(27-24)16-28-11-13-29-14-12-28/h2,5-10,15H,3-4,11-14,16H2,1H3,(H,26,27). The summed E-state index contributed by atoms with van der Waals surface area (Å²) in [5.41, 5.74) is 8.66. The highest BCUT2D eigenvalue weighted by Crippen LogP contribution is 2.37. The molecule has 0 saturated carbocycles. The van der Waals surface area contributed by atoms with Gasteiger partial charge in [-0.3, -0.25) is 9.88 Å². The number of pyridine rings is 1. The summed E-state index contributed by atoms with van der Waals surface area (Å²) in [6.45, 7) is 6.43. The van der Waals surface area contributed by atoms with Crippen molar-refractivity contribution in [1.82, 2.24) is 19.9 Å². The smallest absolute Gasteiger partial charge is 0.121 e. The lowest BCUT2D eigenvalue weighted by atomic mass is 10.0. The van der Waals surface area contributed by atoms with E-state index < -0.39 is 0 Å². The van der Waals surface area contributed by atoms with E-state index in [1.165, 1.54) is 22.3 Å². The SMILES string of the molecule is CC=C1CCc2cc(-c3nc(CN4CCOCC4)[nH]c3-c3ccncc3)ccc21. The number of aromatic nitrogens is 3. The number of imidazole rings is 1. The molecule has 1 aliphatic heterocycles. The third-order valence-electron chi connectivity index (χ3n) is 5.94. The number of H-pyrrole nitrogens is 1. The van der Waals surface area contributed by atoms with Gasteiger partial charge in [-0.25, -0.2) is 4.98 Å². The van der Waals surface area contributed by atoms with Crippen LogP contribution in [0.5, 0.6) is 0 Å². The number of allylic oxidation sites excluding steroid dienone is 2. The highest BCUT2D eigenvalue weighted by Gasteiger charge is 2.20. The molecular weight excluding hydrogens is 360 g/mol. The van der Waals surface area contributed by atoms with Crippen molar-refractivity contribution in [2.45, 2.75) is 26.3 Å². The number of nitrogens with one attached hydrogen (secondary N) is 1. The average molecular weight is 386 g/mol. The van der Waals surface area contributed by atoms with Crippen LogP contribution in [0.4, 0.5) is 0 Å². The number of ether oxygens (including phenoxy) is 1. The maximum atomic E-state index is 5.48. The van der Waals surface area contributed by atoms with E-state index in [0.717, 1.165) is 68.5 Å². The summed E-state index contributed by atoms with van der Waals surface area (Å²) in [5, 5.41) is 0. The van der Waals surface area contributed by atoms with Crippen molar-refractivity contribution in [3.63, 3.8) is 0 Å². The summed E-state index contributed by atoms with van der Waals surface area (Å²) in [6, 6.07) is 10.9. The van der Waals surface area contributed by atoms with Gasteiger partial charge >= 0.3 is 0 Å². The van der Waals surface area contributed by atoms with Gasteiger partial charge < -0.3 is 9.72 Å². The largest absolute Gasteiger partial charge is 0.379 e. The average Bonchev–Trinajstić information content (AvgIpc) is 3.38. The minimum absolute atomic E-state index is 0.795. The fourth-order valence-corrected chi connectivity index (χ4v) is 4.37. The van der Waals surface area contributed by atoms with E-state index in [-0.39, 0.29) is 0 Å². The van der Waals surface area contributed by atoms with Crippen LogP contribution in [0.25, 0.3) is 28.1 Å². The lowest BCUT2D eigenvalue weighted by Gasteiger charge is -2.25. The van der Waals surface area contributed by atoms with Crippen molar-refractivity contribution in [1.29, 1.82) is 0 Å². The van der Waals surface area contributed by atoms with E-state index in [4.69, 9.17) is 9.72 Å². The van der Waals surface area contributed by atoms with Crippen LogP contribution in [0, 0.1) is 0 Å². The predicted molar refractivity (Wildman–Crippen MR) is 115 cm³/mol. The van der Waals surface area contributed by atoms with Crippen LogP contribution in [-0.2, 0) is 17.7 Å². The normalized spacial score (nSPS) is 18.3. The molecule has 1 fully saturated rings. The Hall–Kier alpha value is -2.76. The van der Waals surface area contributed by atoms with Gasteiger partial charge in [-0.1, -0.05) is 18.2 Å². The number of nitrogens with zero attached hydrogens (tertiary/aromatic N) is 3. The Labute approximate surface area is 171 Å². The first kappa shape index (κ1) is 18.3. The first-order valence-corrected chi connectivity index (χ1v) is 10.4. The molecule has 5 rings (SSSR count). The molecule has 1 aliphatic carbocycles. The molecule has 148 valence electrons. The Morgan fingerprint density at radius 2 is 1.90 bits per heavy atom. The molecule has 0 spiro atoms. The van der Waals surface area contributed by atoms with Crippen LogP contribution in [0.2, 0.25) is 0 Å². The van der Waals surface area contributed by atoms with E-state index in [9.17, 15) is 0 Å². The molecule has 0 unspecified atom stereocenters. The highest BCUT2D eigenvalue weighted by molar-refractivity contribution is 5.81. The molecule has 3 aromatic rings. The quantitative estimate of drug-likeness (QED) is 0.726. The summed E-state index contributed by atoms with van der Waals surface area (Å²) in [4.78, 5) is 15.2. The number of morpholine rings is 1. The lowest BCUT2D eigenvalue weighted by Crippen LogP contribution is -2.35. The molecule has 2 aliphatic rings. The molecule has 0 atom stereocenters. The molecule has 5 nitrogen and oxygen atoms in total. The third kappa shape index (κ3) is 3.63. The Bertz CT molecular complexity index is 1030. The zero-order chi connectivity index (χ0) is 19.6. The zero-order valence-corrected chi connectivity index (χ0v) is 16.8. The number of rotatable bonds is 4. The third-order valence-corrected chi connectivity index (χ3v) is 5.94. The van der Waals surface area contributed by atoms with Crippen molar-refractivity contribution < 1.29 is 4.74 Å². The first-order chi connectivity index (χ1) is 14.3. The summed E-state index contributed by atoms with van der Waals surface area (Å²) in [7, 11) is 0. The van der Waals surface area contributed by atoms with Crippen LogP contribution in [-0.4, -0.2) is 46.2 Å². The Balaban J connectivity index is 1.54. The Kier molecular flexibility index (Phi) is 5.00. The second-order valence-electron chi connectivity index (χ2n) is 7.72. The highest BCUT2D eigenvalue weighted by atomic mass is 16.5. The predicted octanol–water partition coefficient (Wildman–Crippen LogP) is 4.32. The second-order valence-corrected chi connectivity index (χ2v) is 7.72. The van der Waals surface area contributed by atoms with Gasteiger partial charge in [0.05, 0.1) is 31.1 Å². The molecule has 1 saturated heterocycles. The number of fused-ring (bicyclic) bond motifs is 1.